The molecule has 0 radical (unpaired) electrons. The fraction of sp³-hybridized carbons (Fsp3) is 0.846. The van der Waals surface area contributed by atoms with Gasteiger partial charge in [0, 0.05) is 19.5 Å². The van der Waals surface area contributed by atoms with Crippen LogP contribution in [0.25, 0.3) is 0 Å². The molecule has 4 heteroatoms. The van der Waals surface area contributed by atoms with Crippen LogP contribution >= 0.6 is 0 Å². The maximum Gasteiger partial charge on any atom is 0.147 e. The van der Waals surface area contributed by atoms with Crippen molar-refractivity contribution >= 4 is 0 Å². The first-order valence-electron chi connectivity index (χ1n) is 7.05. The molecule has 3 rings (SSSR count). The van der Waals surface area contributed by atoms with Crippen LogP contribution < -0.4 is 5.32 Å². The van der Waals surface area contributed by atoms with Crippen molar-refractivity contribution < 1.29 is 0 Å². The zero-order chi connectivity index (χ0) is 11.5. The molecule has 1 aliphatic carbocycles. The Bertz CT molecular complexity index is 363. The van der Waals surface area contributed by atoms with Crippen LogP contribution in [0.4, 0.5) is 0 Å². The summed E-state index contributed by atoms with van der Waals surface area (Å²) in [5.41, 5.74) is 0. The van der Waals surface area contributed by atoms with Crippen LogP contribution in [-0.2, 0) is 19.5 Å². The molecule has 1 aromatic heterocycles. The van der Waals surface area contributed by atoms with Crippen molar-refractivity contribution in [3.05, 3.63) is 11.6 Å². The van der Waals surface area contributed by atoms with E-state index in [1.165, 1.54) is 44.3 Å². The van der Waals surface area contributed by atoms with Crippen molar-refractivity contribution in [1.82, 2.24) is 20.1 Å². The molecule has 1 N–H and O–H groups in total. The molecule has 0 spiro atoms. The number of aromatic nitrogens is 3. The molecule has 2 heterocycles. The van der Waals surface area contributed by atoms with Gasteiger partial charge < -0.3 is 9.88 Å². The zero-order valence-corrected chi connectivity index (χ0v) is 10.5. The van der Waals surface area contributed by atoms with E-state index in [0.29, 0.717) is 0 Å². The minimum atomic E-state index is 0.848. The Morgan fingerprint density at radius 2 is 1.94 bits per heavy atom. The monoisotopic (exact) mass is 234 g/mol. The topological polar surface area (TPSA) is 42.7 Å². The molecule has 1 saturated carbocycles. The molecule has 94 valence electrons. The van der Waals surface area contributed by atoms with Gasteiger partial charge in [-0.05, 0) is 5.92 Å². The second kappa shape index (κ2) is 5.17. The molecule has 1 aliphatic heterocycles. The van der Waals surface area contributed by atoms with E-state index in [2.05, 4.69) is 20.1 Å². The summed E-state index contributed by atoms with van der Waals surface area (Å²) >= 11 is 0. The van der Waals surface area contributed by atoms with Gasteiger partial charge in [0.05, 0.1) is 6.54 Å². The summed E-state index contributed by atoms with van der Waals surface area (Å²) in [4.78, 5) is 0. The van der Waals surface area contributed by atoms with Gasteiger partial charge in [-0.15, -0.1) is 10.2 Å². The summed E-state index contributed by atoms with van der Waals surface area (Å²) in [6.07, 6.45) is 9.60. The first kappa shape index (κ1) is 11.2. The third kappa shape index (κ3) is 2.51. The normalized spacial score (nSPS) is 22.1. The third-order valence-electron chi connectivity index (χ3n) is 4.15. The molecule has 17 heavy (non-hydrogen) atoms. The zero-order valence-electron chi connectivity index (χ0n) is 10.5. The summed E-state index contributed by atoms with van der Waals surface area (Å²) in [7, 11) is 0. The minimum absolute atomic E-state index is 0.848. The first-order valence-corrected chi connectivity index (χ1v) is 7.05. The van der Waals surface area contributed by atoms with E-state index < -0.39 is 0 Å². The fourth-order valence-corrected chi connectivity index (χ4v) is 3.13. The molecular weight excluding hydrogens is 212 g/mol. The van der Waals surface area contributed by atoms with E-state index in [1.807, 2.05) is 0 Å². The number of nitrogens with zero attached hydrogens (tertiary/aromatic N) is 3. The molecule has 4 nitrogen and oxygen atoms in total. The Balaban J connectivity index is 1.69. The summed E-state index contributed by atoms with van der Waals surface area (Å²) in [6, 6.07) is 0. The van der Waals surface area contributed by atoms with Crippen LogP contribution in [0.3, 0.4) is 0 Å². The Kier molecular flexibility index (Phi) is 3.41. The number of rotatable bonds is 2. The largest absolute Gasteiger partial charge is 0.313 e. The molecule has 0 amide bonds. The highest BCUT2D eigenvalue weighted by Gasteiger charge is 2.19. The van der Waals surface area contributed by atoms with Crippen molar-refractivity contribution in [2.24, 2.45) is 5.92 Å². The van der Waals surface area contributed by atoms with Gasteiger partial charge in [-0.25, -0.2) is 0 Å². The lowest BCUT2D eigenvalue weighted by Crippen LogP contribution is -2.29. The quantitative estimate of drug-likeness (QED) is 0.795. The molecular formula is C13H22N4. The maximum absolute atomic E-state index is 4.40. The van der Waals surface area contributed by atoms with Gasteiger partial charge in [-0.3, -0.25) is 0 Å². The van der Waals surface area contributed by atoms with Crippen LogP contribution in [0.5, 0.6) is 0 Å². The van der Waals surface area contributed by atoms with Crippen LogP contribution in [0, 0.1) is 5.92 Å². The van der Waals surface area contributed by atoms with E-state index >= 15 is 0 Å². The second-order valence-corrected chi connectivity index (χ2v) is 5.42. The number of hydrogen-bond acceptors (Lipinski definition) is 3. The van der Waals surface area contributed by atoms with Gasteiger partial charge in [-0.2, -0.15) is 0 Å². The minimum Gasteiger partial charge on any atom is -0.313 e. The van der Waals surface area contributed by atoms with E-state index in [4.69, 9.17) is 0 Å². The average Bonchev–Trinajstić information content (AvgIpc) is 2.59. The number of nitrogens with one attached hydrogen (secondary N) is 1. The summed E-state index contributed by atoms with van der Waals surface area (Å²) in [5, 5.41) is 12.0. The van der Waals surface area contributed by atoms with Gasteiger partial charge in [0.15, 0.2) is 0 Å². The van der Waals surface area contributed by atoms with Crippen LogP contribution in [0.2, 0.25) is 0 Å². The molecule has 0 unspecified atom stereocenters. The van der Waals surface area contributed by atoms with Crippen LogP contribution in [0.1, 0.15) is 50.2 Å². The van der Waals surface area contributed by atoms with E-state index in [-0.39, 0.29) is 0 Å². The van der Waals surface area contributed by atoms with Crippen molar-refractivity contribution in [2.45, 2.75) is 58.0 Å². The average molecular weight is 234 g/mol. The van der Waals surface area contributed by atoms with Crippen molar-refractivity contribution in [1.29, 1.82) is 0 Å². The van der Waals surface area contributed by atoms with E-state index in [1.54, 1.807) is 0 Å². The Hall–Kier alpha value is -0.900. The van der Waals surface area contributed by atoms with Crippen molar-refractivity contribution in [2.75, 3.05) is 6.54 Å². The lowest BCUT2D eigenvalue weighted by molar-refractivity contribution is 0.425. The maximum atomic E-state index is 4.40. The lowest BCUT2D eigenvalue weighted by Gasteiger charge is -2.18. The molecule has 0 saturated heterocycles. The van der Waals surface area contributed by atoms with Gasteiger partial charge in [-0.1, -0.05) is 38.5 Å². The van der Waals surface area contributed by atoms with Crippen LogP contribution in [0.15, 0.2) is 0 Å². The third-order valence-corrected chi connectivity index (χ3v) is 4.15. The summed E-state index contributed by atoms with van der Waals surface area (Å²) in [5.74, 6) is 3.20. The second-order valence-electron chi connectivity index (χ2n) is 5.42. The molecule has 0 atom stereocenters. The fourth-order valence-electron chi connectivity index (χ4n) is 3.13. The highest BCUT2D eigenvalue weighted by molar-refractivity contribution is 4.99. The summed E-state index contributed by atoms with van der Waals surface area (Å²) in [6.45, 7) is 2.99. The first-order chi connectivity index (χ1) is 8.43. The lowest BCUT2D eigenvalue weighted by atomic mass is 9.96. The molecule has 1 fully saturated rings. The summed E-state index contributed by atoms with van der Waals surface area (Å²) < 4.78 is 2.33. The predicted octanol–water partition coefficient (Wildman–Crippen LogP) is 1.89. The Morgan fingerprint density at radius 1 is 1.12 bits per heavy atom. The van der Waals surface area contributed by atoms with Gasteiger partial charge in [0.2, 0.25) is 0 Å². The highest BCUT2D eigenvalue weighted by atomic mass is 15.3. The molecule has 1 aromatic rings. The van der Waals surface area contributed by atoms with E-state index in [9.17, 15) is 0 Å². The van der Waals surface area contributed by atoms with Gasteiger partial charge >= 0.3 is 0 Å². The molecule has 0 aromatic carbocycles. The number of hydrogen-bond donors (Lipinski definition) is 1. The predicted molar refractivity (Wildman–Crippen MR) is 66.6 cm³/mol. The van der Waals surface area contributed by atoms with E-state index in [0.717, 1.165) is 37.8 Å². The van der Waals surface area contributed by atoms with Crippen molar-refractivity contribution in [3.63, 3.8) is 0 Å². The Morgan fingerprint density at radius 3 is 2.76 bits per heavy atom. The molecule has 0 bridgehead atoms. The van der Waals surface area contributed by atoms with Gasteiger partial charge in [0.25, 0.3) is 0 Å². The Labute approximate surface area is 103 Å². The van der Waals surface area contributed by atoms with Crippen LogP contribution in [-0.4, -0.2) is 21.3 Å². The standard InChI is InChI=1S/C13H22N4/c1-2-4-6-11(5-3-1)9-12-15-16-13-10-14-7-8-17(12)13/h11,14H,1-10H2. The SMILES string of the molecule is C1CCCC(Cc2nnc3n2CCNC3)CC1. The van der Waals surface area contributed by atoms with Crippen molar-refractivity contribution in [3.8, 4) is 0 Å². The smallest absolute Gasteiger partial charge is 0.147 e. The highest BCUT2D eigenvalue weighted by Crippen LogP contribution is 2.25. The molecule has 2 aliphatic rings. The number of fused-ring (bicyclic) bond motifs is 1. The van der Waals surface area contributed by atoms with Gasteiger partial charge in [0.1, 0.15) is 11.6 Å².